The Hall–Kier alpha value is -1.35. The summed E-state index contributed by atoms with van der Waals surface area (Å²) >= 11 is 5.93. The third-order valence-corrected chi connectivity index (χ3v) is 2.67. The second-order valence-corrected chi connectivity index (χ2v) is 4.64. The van der Waals surface area contributed by atoms with Crippen molar-refractivity contribution in [2.24, 2.45) is 0 Å². The van der Waals surface area contributed by atoms with E-state index in [9.17, 15) is 4.79 Å². The third-order valence-electron chi connectivity index (χ3n) is 2.52. The number of alkyl halides is 1. The Morgan fingerprint density at radius 1 is 1.50 bits per heavy atom. The van der Waals surface area contributed by atoms with E-state index in [-0.39, 0.29) is 10.9 Å². The van der Waals surface area contributed by atoms with Crippen LogP contribution in [0, 0.1) is 6.92 Å². The molecule has 0 aliphatic heterocycles. The predicted octanol–water partition coefficient (Wildman–Crippen LogP) is 2.17. The van der Waals surface area contributed by atoms with Gasteiger partial charge in [0, 0.05) is 22.8 Å². The molecule has 2 aromatic heterocycles. The van der Waals surface area contributed by atoms with Gasteiger partial charge in [-0.1, -0.05) is 6.07 Å². The first-order chi connectivity index (χ1) is 7.59. The van der Waals surface area contributed by atoms with Gasteiger partial charge in [-0.05, 0) is 32.4 Å². The highest BCUT2D eigenvalue weighted by Crippen LogP contribution is 2.08. The van der Waals surface area contributed by atoms with Crippen LogP contribution in [-0.2, 0) is 6.42 Å². The molecule has 84 valence electrons. The number of fused-ring (bicyclic) bond motifs is 1. The smallest absolute Gasteiger partial charge is 0.261 e. The largest absolute Gasteiger partial charge is 0.269 e. The lowest BCUT2D eigenvalue weighted by Gasteiger charge is -2.08. The van der Waals surface area contributed by atoms with Crippen LogP contribution in [0.2, 0.25) is 0 Å². The Bertz CT molecular complexity index is 575. The summed E-state index contributed by atoms with van der Waals surface area (Å²) in [5.74, 6) is 0. The quantitative estimate of drug-likeness (QED) is 0.749. The Kier molecular flexibility index (Phi) is 2.97. The van der Waals surface area contributed by atoms with Gasteiger partial charge in [0.2, 0.25) is 0 Å². The first-order valence-electron chi connectivity index (χ1n) is 5.20. The van der Waals surface area contributed by atoms with Crippen molar-refractivity contribution in [3.8, 4) is 0 Å². The van der Waals surface area contributed by atoms with Crippen LogP contribution in [0.3, 0.4) is 0 Å². The molecule has 0 spiro atoms. The zero-order chi connectivity index (χ0) is 11.7. The molecule has 0 bridgehead atoms. The Morgan fingerprint density at radius 2 is 2.25 bits per heavy atom. The maximum absolute atomic E-state index is 12.1. The number of aryl methyl sites for hydroxylation is 1. The second kappa shape index (κ2) is 4.26. The van der Waals surface area contributed by atoms with E-state index in [0.29, 0.717) is 17.6 Å². The minimum atomic E-state index is -0.0602. The van der Waals surface area contributed by atoms with E-state index in [0.717, 1.165) is 5.69 Å². The number of rotatable bonds is 2. The average Bonchev–Trinajstić information content (AvgIpc) is 2.24. The molecule has 1 atom stereocenters. The molecule has 0 aliphatic carbocycles. The van der Waals surface area contributed by atoms with Gasteiger partial charge in [0.25, 0.3) is 5.56 Å². The molecule has 16 heavy (non-hydrogen) atoms. The molecule has 0 amide bonds. The van der Waals surface area contributed by atoms with Crippen molar-refractivity contribution < 1.29 is 0 Å². The molecule has 0 fully saturated rings. The van der Waals surface area contributed by atoms with Crippen molar-refractivity contribution in [1.29, 1.82) is 0 Å². The van der Waals surface area contributed by atoms with Crippen LogP contribution >= 0.6 is 11.6 Å². The zero-order valence-electron chi connectivity index (χ0n) is 9.27. The summed E-state index contributed by atoms with van der Waals surface area (Å²) in [5.41, 5.74) is 2.13. The normalized spacial score (nSPS) is 12.9. The summed E-state index contributed by atoms with van der Waals surface area (Å²) in [7, 11) is 0. The van der Waals surface area contributed by atoms with E-state index >= 15 is 0 Å². The molecule has 1 unspecified atom stereocenters. The van der Waals surface area contributed by atoms with E-state index in [1.165, 1.54) is 0 Å². The van der Waals surface area contributed by atoms with Crippen molar-refractivity contribution in [1.82, 2.24) is 9.38 Å². The Balaban J connectivity index is 2.71. The number of pyridine rings is 1. The van der Waals surface area contributed by atoms with E-state index in [2.05, 4.69) is 4.98 Å². The summed E-state index contributed by atoms with van der Waals surface area (Å²) in [6, 6.07) is 5.51. The average molecular weight is 237 g/mol. The minimum Gasteiger partial charge on any atom is -0.269 e. The summed E-state index contributed by atoms with van der Waals surface area (Å²) in [5, 5.41) is -0.0602. The topological polar surface area (TPSA) is 34.4 Å². The number of aromatic nitrogens is 2. The standard InChI is InChI=1S/C12H13ClN2O/c1-8(13)7-10-9(2)14-11-5-3-4-6-15(11)12(10)16/h3-6,8H,7H2,1-2H3. The van der Waals surface area contributed by atoms with Gasteiger partial charge in [-0.15, -0.1) is 11.6 Å². The van der Waals surface area contributed by atoms with E-state index in [1.54, 1.807) is 10.6 Å². The molecule has 2 rings (SSSR count). The number of halogens is 1. The fourth-order valence-electron chi connectivity index (χ4n) is 1.75. The van der Waals surface area contributed by atoms with Gasteiger partial charge >= 0.3 is 0 Å². The van der Waals surface area contributed by atoms with E-state index < -0.39 is 0 Å². The van der Waals surface area contributed by atoms with Gasteiger partial charge in [0.1, 0.15) is 5.65 Å². The molecule has 0 aliphatic rings. The lowest BCUT2D eigenvalue weighted by Crippen LogP contribution is -2.23. The maximum Gasteiger partial charge on any atom is 0.261 e. The monoisotopic (exact) mass is 236 g/mol. The van der Waals surface area contributed by atoms with Crippen LogP contribution in [-0.4, -0.2) is 14.8 Å². The summed E-state index contributed by atoms with van der Waals surface area (Å²) in [4.78, 5) is 16.5. The number of hydrogen-bond donors (Lipinski definition) is 0. The molecule has 0 N–H and O–H groups in total. The van der Waals surface area contributed by atoms with Gasteiger partial charge in [-0.25, -0.2) is 4.98 Å². The molecule has 0 saturated carbocycles. The van der Waals surface area contributed by atoms with Crippen molar-refractivity contribution >= 4 is 17.2 Å². The summed E-state index contributed by atoms with van der Waals surface area (Å²) in [6.45, 7) is 3.73. The fraction of sp³-hybridized carbons (Fsp3) is 0.333. The minimum absolute atomic E-state index is 0.0180. The molecule has 3 nitrogen and oxygen atoms in total. The SMILES string of the molecule is Cc1nc2ccccn2c(=O)c1CC(C)Cl. The highest BCUT2D eigenvalue weighted by atomic mass is 35.5. The maximum atomic E-state index is 12.1. The highest BCUT2D eigenvalue weighted by molar-refractivity contribution is 6.20. The van der Waals surface area contributed by atoms with Crippen LogP contribution in [0.15, 0.2) is 29.2 Å². The molecule has 2 heterocycles. The van der Waals surface area contributed by atoms with Gasteiger partial charge in [0.15, 0.2) is 0 Å². The van der Waals surface area contributed by atoms with Crippen molar-refractivity contribution in [2.75, 3.05) is 0 Å². The Labute approximate surface area is 98.7 Å². The first-order valence-corrected chi connectivity index (χ1v) is 5.64. The van der Waals surface area contributed by atoms with Crippen molar-refractivity contribution in [2.45, 2.75) is 25.6 Å². The molecule has 0 saturated heterocycles. The number of hydrogen-bond acceptors (Lipinski definition) is 2. The van der Waals surface area contributed by atoms with Crippen LogP contribution in [0.1, 0.15) is 18.2 Å². The molecular weight excluding hydrogens is 224 g/mol. The summed E-state index contributed by atoms with van der Waals surface area (Å²) in [6.07, 6.45) is 2.28. The second-order valence-electron chi connectivity index (χ2n) is 3.89. The van der Waals surface area contributed by atoms with Crippen LogP contribution in [0.25, 0.3) is 5.65 Å². The molecule has 0 aromatic carbocycles. The Morgan fingerprint density at radius 3 is 2.94 bits per heavy atom. The van der Waals surface area contributed by atoms with Crippen LogP contribution in [0.4, 0.5) is 0 Å². The van der Waals surface area contributed by atoms with Gasteiger partial charge < -0.3 is 0 Å². The molecular formula is C12H13ClN2O. The van der Waals surface area contributed by atoms with Gasteiger partial charge in [-0.2, -0.15) is 0 Å². The summed E-state index contributed by atoms with van der Waals surface area (Å²) < 4.78 is 1.56. The molecule has 2 aromatic rings. The predicted molar refractivity (Wildman–Crippen MR) is 65.2 cm³/mol. The fourth-order valence-corrected chi connectivity index (χ4v) is 1.91. The van der Waals surface area contributed by atoms with Crippen molar-refractivity contribution in [3.05, 3.63) is 46.0 Å². The molecule has 4 heteroatoms. The molecule has 0 radical (unpaired) electrons. The van der Waals surface area contributed by atoms with Gasteiger partial charge in [0.05, 0.1) is 0 Å². The lowest BCUT2D eigenvalue weighted by atomic mass is 10.1. The lowest BCUT2D eigenvalue weighted by molar-refractivity contribution is 0.863. The van der Waals surface area contributed by atoms with E-state index in [1.807, 2.05) is 32.0 Å². The van der Waals surface area contributed by atoms with Crippen molar-refractivity contribution in [3.63, 3.8) is 0 Å². The zero-order valence-corrected chi connectivity index (χ0v) is 10.0. The number of nitrogens with zero attached hydrogens (tertiary/aromatic N) is 2. The van der Waals surface area contributed by atoms with Crippen LogP contribution in [0.5, 0.6) is 0 Å². The first kappa shape index (κ1) is 11.1. The van der Waals surface area contributed by atoms with E-state index in [4.69, 9.17) is 11.6 Å². The van der Waals surface area contributed by atoms with Crippen LogP contribution < -0.4 is 5.56 Å². The van der Waals surface area contributed by atoms with Gasteiger partial charge in [-0.3, -0.25) is 9.20 Å². The highest BCUT2D eigenvalue weighted by Gasteiger charge is 2.11. The third kappa shape index (κ3) is 1.95.